The molecule has 2 aromatic heterocycles. The Balaban J connectivity index is 1.37. The van der Waals surface area contributed by atoms with Crippen LogP contribution in [-0.2, 0) is 16.0 Å². The Bertz CT molecular complexity index is 824. The molecule has 0 unspecified atom stereocenters. The monoisotopic (exact) mass is 370 g/mol. The van der Waals surface area contributed by atoms with Crippen molar-refractivity contribution in [3.63, 3.8) is 0 Å². The van der Waals surface area contributed by atoms with E-state index in [4.69, 9.17) is 4.52 Å². The first-order valence-electron chi connectivity index (χ1n) is 9.22. The Morgan fingerprint density at radius 3 is 2.96 bits per heavy atom. The molecule has 2 saturated heterocycles. The van der Waals surface area contributed by atoms with Crippen molar-refractivity contribution in [2.75, 3.05) is 26.7 Å². The molecule has 2 aliphatic heterocycles. The van der Waals surface area contributed by atoms with E-state index in [1.54, 1.807) is 30.5 Å². The van der Waals surface area contributed by atoms with Crippen LogP contribution < -0.4 is 0 Å². The standard InChI is InChI=1S/C18H22N6O3/c1-23-11-13(8-16(23)25)18(26)24-6-2-3-12(10-24)7-15-21-17(22-27-15)14-9-19-4-5-20-14/h4-5,9,12-13H,2-3,6-8,10-11H2,1H3/t12-,13+/m1/s1. The number of nitrogens with zero attached hydrogens (tertiary/aromatic N) is 6. The van der Waals surface area contributed by atoms with E-state index >= 15 is 0 Å². The van der Waals surface area contributed by atoms with Crippen LogP contribution in [0.15, 0.2) is 23.1 Å². The van der Waals surface area contributed by atoms with Crippen molar-refractivity contribution in [3.8, 4) is 11.5 Å². The second-order valence-electron chi connectivity index (χ2n) is 7.27. The van der Waals surface area contributed by atoms with Crippen molar-refractivity contribution in [2.45, 2.75) is 25.7 Å². The van der Waals surface area contributed by atoms with Gasteiger partial charge in [0.15, 0.2) is 0 Å². The second kappa shape index (κ2) is 7.42. The van der Waals surface area contributed by atoms with Crippen LogP contribution in [0.25, 0.3) is 11.5 Å². The van der Waals surface area contributed by atoms with Crippen LogP contribution in [0.3, 0.4) is 0 Å². The normalized spacial score (nSPS) is 23.1. The fraction of sp³-hybridized carbons (Fsp3) is 0.556. The molecular weight excluding hydrogens is 348 g/mol. The lowest BCUT2D eigenvalue weighted by atomic mass is 9.93. The minimum Gasteiger partial charge on any atom is -0.345 e. The Morgan fingerprint density at radius 1 is 1.33 bits per heavy atom. The molecule has 0 N–H and O–H groups in total. The summed E-state index contributed by atoms with van der Waals surface area (Å²) in [5.74, 6) is 1.16. The molecule has 2 aromatic rings. The second-order valence-corrected chi connectivity index (χ2v) is 7.27. The van der Waals surface area contributed by atoms with E-state index in [9.17, 15) is 9.59 Å². The summed E-state index contributed by atoms with van der Waals surface area (Å²) in [4.78, 5) is 40.6. The molecule has 0 saturated carbocycles. The Labute approximate surface area is 156 Å². The summed E-state index contributed by atoms with van der Waals surface area (Å²) < 4.78 is 5.36. The van der Waals surface area contributed by atoms with Crippen molar-refractivity contribution < 1.29 is 14.1 Å². The maximum atomic E-state index is 12.8. The smallest absolute Gasteiger partial charge is 0.228 e. The van der Waals surface area contributed by atoms with Gasteiger partial charge in [-0.3, -0.25) is 14.6 Å². The summed E-state index contributed by atoms with van der Waals surface area (Å²) in [5.41, 5.74) is 0.572. The highest BCUT2D eigenvalue weighted by Crippen LogP contribution is 2.25. The summed E-state index contributed by atoms with van der Waals surface area (Å²) in [6.45, 7) is 1.93. The van der Waals surface area contributed by atoms with Gasteiger partial charge in [-0.15, -0.1) is 0 Å². The quantitative estimate of drug-likeness (QED) is 0.783. The van der Waals surface area contributed by atoms with Crippen molar-refractivity contribution in [2.24, 2.45) is 11.8 Å². The van der Waals surface area contributed by atoms with Crippen molar-refractivity contribution in [3.05, 3.63) is 24.5 Å². The highest BCUT2D eigenvalue weighted by molar-refractivity contribution is 5.89. The molecule has 9 nitrogen and oxygen atoms in total. The zero-order valence-electron chi connectivity index (χ0n) is 15.2. The number of carbonyl (C=O) groups is 2. The SMILES string of the molecule is CN1C[C@@H](C(=O)N2CCC[C@H](Cc3nc(-c4cnccn4)no3)C2)CC1=O. The van der Waals surface area contributed by atoms with Crippen molar-refractivity contribution in [1.29, 1.82) is 0 Å². The largest absolute Gasteiger partial charge is 0.345 e. The topological polar surface area (TPSA) is 105 Å². The molecule has 2 aliphatic rings. The van der Waals surface area contributed by atoms with Crippen molar-refractivity contribution >= 4 is 11.8 Å². The maximum absolute atomic E-state index is 12.8. The first-order valence-corrected chi connectivity index (χ1v) is 9.22. The van der Waals surface area contributed by atoms with Gasteiger partial charge in [-0.1, -0.05) is 5.16 Å². The van der Waals surface area contributed by atoms with E-state index in [0.29, 0.717) is 43.3 Å². The molecule has 27 heavy (non-hydrogen) atoms. The first kappa shape index (κ1) is 17.6. The Morgan fingerprint density at radius 2 is 2.22 bits per heavy atom. The molecule has 2 fully saturated rings. The van der Waals surface area contributed by atoms with E-state index < -0.39 is 0 Å². The highest BCUT2D eigenvalue weighted by Gasteiger charge is 2.36. The van der Waals surface area contributed by atoms with Gasteiger partial charge >= 0.3 is 0 Å². The van der Waals surface area contributed by atoms with Gasteiger partial charge in [-0.25, -0.2) is 4.98 Å². The van der Waals surface area contributed by atoms with Crippen LogP contribution in [0.4, 0.5) is 0 Å². The number of aromatic nitrogens is 4. The average Bonchev–Trinajstić information content (AvgIpc) is 3.29. The number of carbonyl (C=O) groups excluding carboxylic acids is 2. The third kappa shape index (κ3) is 3.81. The van der Waals surface area contributed by atoms with Crippen LogP contribution in [0.2, 0.25) is 0 Å². The summed E-state index contributed by atoms with van der Waals surface area (Å²) >= 11 is 0. The van der Waals surface area contributed by atoms with Crippen LogP contribution in [0.5, 0.6) is 0 Å². The van der Waals surface area contributed by atoms with Gasteiger partial charge in [0.25, 0.3) is 0 Å². The number of rotatable bonds is 4. The zero-order chi connectivity index (χ0) is 18.8. The van der Waals surface area contributed by atoms with Crippen LogP contribution >= 0.6 is 0 Å². The number of piperidine rings is 1. The van der Waals surface area contributed by atoms with Gasteiger partial charge in [-0.05, 0) is 18.8 Å². The highest BCUT2D eigenvalue weighted by atomic mass is 16.5. The predicted molar refractivity (Wildman–Crippen MR) is 94.1 cm³/mol. The molecule has 0 bridgehead atoms. The molecule has 0 aliphatic carbocycles. The first-order chi connectivity index (χ1) is 13.1. The summed E-state index contributed by atoms with van der Waals surface area (Å²) in [6, 6.07) is 0. The van der Waals surface area contributed by atoms with Gasteiger partial charge < -0.3 is 14.3 Å². The van der Waals surface area contributed by atoms with E-state index in [-0.39, 0.29) is 23.7 Å². The fourth-order valence-electron chi connectivity index (χ4n) is 3.82. The number of likely N-dealkylation sites (tertiary alicyclic amines) is 2. The van der Waals surface area contributed by atoms with E-state index in [1.165, 1.54) is 0 Å². The lowest BCUT2D eigenvalue weighted by Crippen LogP contribution is -2.44. The minimum atomic E-state index is -0.215. The number of hydrogen-bond donors (Lipinski definition) is 0. The lowest BCUT2D eigenvalue weighted by molar-refractivity contribution is -0.137. The van der Waals surface area contributed by atoms with Crippen LogP contribution in [-0.4, -0.2) is 68.4 Å². The number of hydrogen-bond acceptors (Lipinski definition) is 7. The molecule has 2 atom stereocenters. The lowest BCUT2D eigenvalue weighted by Gasteiger charge is -2.33. The third-order valence-electron chi connectivity index (χ3n) is 5.24. The average molecular weight is 370 g/mol. The van der Waals surface area contributed by atoms with Gasteiger partial charge in [0.2, 0.25) is 23.5 Å². The van der Waals surface area contributed by atoms with Crippen LogP contribution in [0, 0.1) is 11.8 Å². The minimum absolute atomic E-state index is 0.0457. The van der Waals surface area contributed by atoms with E-state index in [2.05, 4.69) is 20.1 Å². The fourth-order valence-corrected chi connectivity index (χ4v) is 3.82. The van der Waals surface area contributed by atoms with Gasteiger partial charge in [0.05, 0.1) is 12.1 Å². The van der Waals surface area contributed by atoms with E-state index in [0.717, 1.165) is 19.4 Å². The molecule has 2 amide bonds. The molecule has 0 spiro atoms. The molecular formula is C18H22N6O3. The molecule has 4 heterocycles. The molecule has 9 heteroatoms. The predicted octanol–water partition coefficient (Wildman–Crippen LogP) is 0.786. The van der Waals surface area contributed by atoms with Gasteiger partial charge in [0, 0.05) is 51.9 Å². The van der Waals surface area contributed by atoms with Crippen LogP contribution in [0.1, 0.15) is 25.2 Å². The van der Waals surface area contributed by atoms with Crippen molar-refractivity contribution in [1.82, 2.24) is 29.9 Å². The maximum Gasteiger partial charge on any atom is 0.228 e. The van der Waals surface area contributed by atoms with Gasteiger partial charge in [-0.2, -0.15) is 4.98 Å². The van der Waals surface area contributed by atoms with Gasteiger partial charge in [0.1, 0.15) is 5.69 Å². The third-order valence-corrected chi connectivity index (χ3v) is 5.24. The Kier molecular flexibility index (Phi) is 4.83. The summed E-state index contributed by atoms with van der Waals surface area (Å²) in [5, 5.41) is 3.97. The Hall–Kier alpha value is -2.84. The number of amides is 2. The zero-order valence-corrected chi connectivity index (χ0v) is 15.2. The molecule has 0 aromatic carbocycles. The summed E-state index contributed by atoms with van der Waals surface area (Å²) in [6.07, 6.45) is 7.67. The van der Waals surface area contributed by atoms with E-state index in [1.807, 2.05) is 4.90 Å². The molecule has 0 radical (unpaired) electrons. The summed E-state index contributed by atoms with van der Waals surface area (Å²) in [7, 11) is 1.75. The molecule has 142 valence electrons. The molecule has 4 rings (SSSR count).